The Balaban J connectivity index is 2.40. The summed E-state index contributed by atoms with van der Waals surface area (Å²) in [6.07, 6.45) is 1.34. The van der Waals surface area contributed by atoms with Crippen molar-refractivity contribution < 1.29 is 14.8 Å². The van der Waals surface area contributed by atoms with Gasteiger partial charge in [-0.05, 0) is 31.4 Å². The lowest BCUT2D eigenvalue weighted by atomic mass is 9.94. The van der Waals surface area contributed by atoms with Gasteiger partial charge in [0.1, 0.15) is 5.69 Å². The molecule has 0 fully saturated rings. The zero-order valence-electron chi connectivity index (χ0n) is 12.1. The number of fused-ring (bicyclic) bond motifs is 1. The Morgan fingerprint density at radius 3 is 2.81 bits per heavy atom. The lowest BCUT2D eigenvalue weighted by Gasteiger charge is -2.30. The Bertz CT molecular complexity index is 588. The van der Waals surface area contributed by atoms with E-state index in [2.05, 4.69) is 10.6 Å². The maximum Gasteiger partial charge on any atom is 0.292 e. The fourth-order valence-electron chi connectivity index (χ4n) is 2.41. The molecule has 1 atom stereocenters. The second-order valence-corrected chi connectivity index (χ2v) is 5.52. The van der Waals surface area contributed by atoms with E-state index >= 15 is 0 Å². The fraction of sp³-hybridized carbons (Fsp3) is 0.500. The van der Waals surface area contributed by atoms with Crippen LogP contribution in [0.5, 0.6) is 0 Å². The molecule has 7 heteroatoms. The number of hydrogen-bond donors (Lipinski definition) is 3. The molecular formula is C14H19N3O4. The standard InChI is InChI=1S/C14H19N3O4/c1-3-14(2,4-5-18)16-11-8-10-9(7-13(19)15-10)6-12(11)17(20)21/h6,8,16,18H,3-5,7H2,1-2H3,(H,15,19). The minimum absolute atomic E-state index is 0.00713. The van der Waals surface area contributed by atoms with Crippen LogP contribution in [-0.4, -0.2) is 28.1 Å². The number of nitrogens with one attached hydrogen (secondary N) is 2. The lowest BCUT2D eigenvalue weighted by Crippen LogP contribution is -2.35. The van der Waals surface area contributed by atoms with Gasteiger partial charge in [0.05, 0.1) is 11.3 Å². The van der Waals surface area contributed by atoms with Crippen molar-refractivity contribution in [2.75, 3.05) is 17.2 Å². The zero-order valence-corrected chi connectivity index (χ0v) is 12.1. The Hall–Kier alpha value is -2.15. The van der Waals surface area contributed by atoms with Crippen LogP contribution in [0.1, 0.15) is 32.3 Å². The third kappa shape index (κ3) is 3.13. The molecule has 1 aromatic carbocycles. The van der Waals surface area contributed by atoms with Gasteiger partial charge in [-0.2, -0.15) is 0 Å². The van der Waals surface area contributed by atoms with Gasteiger partial charge in [0, 0.05) is 23.9 Å². The van der Waals surface area contributed by atoms with Crippen molar-refractivity contribution >= 4 is 23.0 Å². The molecule has 0 bridgehead atoms. The van der Waals surface area contributed by atoms with Crippen LogP contribution in [0.15, 0.2) is 12.1 Å². The van der Waals surface area contributed by atoms with Crippen molar-refractivity contribution in [1.29, 1.82) is 0 Å². The topological polar surface area (TPSA) is 104 Å². The van der Waals surface area contributed by atoms with Gasteiger partial charge in [0.25, 0.3) is 5.69 Å². The van der Waals surface area contributed by atoms with Crippen LogP contribution in [-0.2, 0) is 11.2 Å². The van der Waals surface area contributed by atoms with Crippen LogP contribution in [0.4, 0.5) is 17.1 Å². The Kier molecular flexibility index (Phi) is 4.13. The number of nitrogens with zero attached hydrogens (tertiary/aromatic N) is 1. The highest BCUT2D eigenvalue weighted by molar-refractivity contribution is 6.00. The number of rotatable bonds is 6. The molecule has 7 nitrogen and oxygen atoms in total. The molecule has 1 aromatic rings. The molecule has 114 valence electrons. The highest BCUT2D eigenvalue weighted by Gasteiger charge is 2.28. The zero-order chi connectivity index (χ0) is 15.6. The SMILES string of the molecule is CCC(C)(CCO)Nc1cc2c(cc1[N+](=O)[O-])CC(=O)N2. The number of hydrogen-bond acceptors (Lipinski definition) is 5. The summed E-state index contributed by atoms with van der Waals surface area (Å²) in [5.74, 6) is -0.162. The summed E-state index contributed by atoms with van der Waals surface area (Å²) in [7, 11) is 0. The second kappa shape index (κ2) is 5.69. The molecular weight excluding hydrogens is 274 g/mol. The monoisotopic (exact) mass is 293 g/mol. The first-order valence-corrected chi connectivity index (χ1v) is 6.89. The van der Waals surface area contributed by atoms with Crippen LogP contribution in [0, 0.1) is 10.1 Å². The van der Waals surface area contributed by atoms with Gasteiger partial charge >= 0.3 is 0 Å². The summed E-state index contributed by atoms with van der Waals surface area (Å²) in [4.78, 5) is 22.2. The van der Waals surface area contributed by atoms with Gasteiger partial charge in [0.2, 0.25) is 5.91 Å². The predicted octanol–water partition coefficient (Wildman–Crippen LogP) is 2.05. The van der Waals surface area contributed by atoms with Gasteiger partial charge in [-0.1, -0.05) is 6.92 Å². The van der Waals surface area contributed by atoms with Gasteiger partial charge in [-0.3, -0.25) is 14.9 Å². The molecule has 1 unspecified atom stereocenters. The summed E-state index contributed by atoms with van der Waals surface area (Å²) >= 11 is 0. The minimum Gasteiger partial charge on any atom is -0.396 e. The second-order valence-electron chi connectivity index (χ2n) is 5.52. The average Bonchev–Trinajstić information content (AvgIpc) is 2.77. The maximum absolute atomic E-state index is 11.4. The number of nitro groups is 1. The Morgan fingerprint density at radius 2 is 2.24 bits per heavy atom. The molecule has 1 aliphatic rings. The third-order valence-corrected chi connectivity index (χ3v) is 3.92. The van der Waals surface area contributed by atoms with E-state index < -0.39 is 10.5 Å². The van der Waals surface area contributed by atoms with Crippen LogP contribution in [0.2, 0.25) is 0 Å². The number of nitro benzene ring substituents is 1. The molecule has 0 radical (unpaired) electrons. The molecule has 0 spiro atoms. The number of anilines is 2. The van der Waals surface area contributed by atoms with Crippen molar-refractivity contribution in [2.45, 2.75) is 38.6 Å². The first-order valence-electron chi connectivity index (χ1n) is 6.89. The molecule has 2 rings (SSSR count). The lowest BCUT2D eigenvalue weighted by molar-refractivity contribution is -0.384. The first kappa shape index (κ1) is 15.2. The number of carbonyl (C=O) groups is 1. The molecule has 1 aliphatic heterocycles. The highest BCUT2D eigenvalue weighted by Crippen LogP contribution is 2.36. The average molecular weight is 293 g/mol. The predicted molar refractivity (Wildman–Crippen MR) is 79.5 cm³/mol. The van der Waals surface area contributed by atoms with Crippen LogP contribution < -0.4 is 10.6 Å². The fourth-order valence-corrected chi connectivity index (χ4v) is 2.41. The van der Waals surface area contributed by atoms with E-state index in [1.165, 1.54) is 6.07 Å². The van der Waals surface area contributed by atoms with Gasteiger partial charge < -0.3 is 15.7 Å². The van der Waals surface area contributed by atoms with E-state index in [9.17, 15) is 14.9 Å². The Morgan fingerprint density at radius 1 is 1.52 bits per heavy atom. The normalized spacial score (nSPS) is 16.0. The van der Waals surface area contributed by atoms with Gasteiger partial charge in [0.15, 0.2) is 0 Å². The maximum atomic E-state index is 11.4. The van der Waals surface area contributed by atoms with E-state index in [-0.39, 0.29) is 24.6 Å². The number of aliphatic hydroxyl groups is 1. The van der Waals surface area contributed by atoms with Crippen LogP contribution in [0.3, 0.4) is 0 Å². The van der Waals surface area contributed by atoms with E-state index in [0.717, 1.165) is 0 Å². The van der Waals surface area contributed by atoms with Crippen molar-refractivity contribution in [3.05, 3.63) is 27.8 Å². The van der Waals surface area contributed by atoms with Crippen molar-refractivity contribution in [2.24, 2.45) is 0 Å². The van der Waals surface area contributed by atoms with Crippen molar-refractivity contribution in [1.82, 2.24) is 0 Å². The van der Waals surface area contributed by atoms with E-state index in [4.69, 9.17) is 5.11 Å². The number of aliphatic hydroxyl groups excluding tert-OH is 1. The molecule has 0 aliphatic carbocycles. The highest BCUT2D eigenvalue weighted by atomic mass is 16.6. The van der Waals surface area contributed by atoms with E-state index in [1.807, 2.05) is 13.8 Å². The summed E-state index contributed by atoms with van der Waals surface area (Å²) in [5.41, 5.74) is 1.10. The molecule has 0 saturated heterocycles. The Labute approximate surface area is 122 Å². The third-order valence-electron chi connectivity index (χ3n) is 3.92. The number of amides is 1. The smallest absolute Gasteiger partial charge is 0.292 e. The quantitative estimate of drug-likeness (QED) is 0.550. The van der Waals surface area contributed by atoms with Crippen LogP contribution >= 0.6 is 0 Å². The summed E-state index contributed by atoms with van der Waals surface area (Å²) in [5, 5.41) is 26.2. The number of benzene rings is 1. The molecule has 1 heterocycles. The molecule has 0 saturated carbocycles. The van der Waals surface area contributed by atoms with Gasteiger partial charge in [-0.25, -0.2) is 0 Å². The number of carbonyl (C=O) groups excluding carboxylic acids is 1. The van der Waals surface area contributed by atoms with Crippen molar-refractivity contribution in [3.8, 4) is 0 Å². The molecule has 0 aromatic heterocycles. The van der Waals surface area contributed by atoms with Gasteiger partial charge in [-0.15, -0.1) is 0 Å². The van der Waals surface area contributed by atoms with E-state index in [1.54, 1.807) is 6.07 Å². The van der Waals surface area contributed by atoms with E-state index in [0.29, 0.717) is 29.8 Å². The minimum atomic E-state index is -0.458. The summed E-state index contributed by atoms with van der Waals surface area (Å²) < 4.78 is 0. The summed E-state index contributed by atoms with van der Waals surface area (Å²) in [6, 6.07) is 3.04. The summed E-state index contributed by atoms with van der Waals surface area (Å²) in [6.45, 7) is 3.84. The van der Waals surface area contributed by atoms with Crippen LogP contribution in [0.25, 0.3) is 0 Å². The molecule has 21 heavy (non-hydrogen) atoms. The van der Waals surface area contributed by atoms with Crippen molar-refractivity contribution in [3.63, 3.8) is 0 Å². The molecule has 1 amide bonds. The largest absolute Gasteiger partial charge is 0.396 e. The first-order chi connectivity index (χ1) is 9.88. The molecule has 3 N–H and O–H groups in total.